The predicted octanol–water partition coefficient (Wildman–Crippen LogP) is 0.894. The molecule has 1 aliphatic heterocycles. The Bertz CT molecular complexity index is 183. The summed E-state index contributed by atoms with van der Waals surface area (Å²) in [7, 11) is 0. The lowest BCUT2D eigenvalue weighted by atomic mass is 10.1. The summed E-state index contributed by atoms with van der Waals surface area (Å²) in [6.45, 7) is 8.20. The van der Waals surface area contributed by atoms with E-state index in [9.17, 15) is 0 Å². The van der Waals surface area contributed by atoms with Gasteiger partial charge < -0.3 is 5.73 Å². The first-order valence-electron chi connectivity index (χ1n) is 6.53. The van der Waals surface area contributed by atoms with E-state index in [-0.39, 0.29) is 0 Å². The van der Waals surface area contributed by atoms with Gasteiger partial charge in [0.25, 0.3) is 0 Å². The van der Waals surface area contributed by atoms with Crippen molar-refractivity contribution in [2.45, 2.75) is 44.7 Å². The van der Waals surface area contributed by atoms with E-state index in [0.717, 1.165) is 18.6 Å². The van der Waals surface area contributed by atoms with Gasteiger partial charge in [-0.2, -0.15) is 0 Å². The van der Waals surface area contributed by atoms with E-state index in [1.54, 1.807) is 0 Å². The van der Waals surface area contributed by atoms with Crippen LogP contribution in [0.15, 0.2) is 0 Å². The Kier molecular flexibility index (Phi) is 4.00. The first-order chi connectivity index (χ1) is 7.35. The molecule has 88 valence electrons. The molecule has 2 rings (SSSR count). The first kappa shape index (κ1) is 11.4. The van der Waals surface area contributed by atoms with Gasteiger partial charge in [-0.3, -0.25) is 9.80 Å². The minimum Gasteiger partial charge on any atom is -0.330 e. The van der Waals surface area contributed by atoms with Gasteiger partial charge in [0, 0.05) is 38.3 Å². The highest BCUT2D eigenvalue weighted by atomic mass is 15.3. The molecule has 1 atom stereocenters. The van der Waals surface area contributed by atoms with Crippen LogP contribution in [0.4, 0.5) is 0 Å². The standard InChI is InChI=1S/C12H25N3/c1-2-11(5-6-13)14-7-9-15(10-8-14)12-3-4-12/h11-12H,2-10,13H2,1H3. The molecule has 1 aliphatic carbocycles. The molecule has 2 aliphatic rings. The van der Waals surface area contributed by atoms with Crippen molar-refractivity contribution in [3.8, 4) is 0 Å². The molecule has 2 fully saturated rings. The minimum absolute atomic E-state index is 0.733. The van der Waals surface area contributed by atoms with Gasteiger partial charge in [0.1, 0.15) is 0 Å². The predicted molar refractivity (Wildman–Crippen MR) is 63.9 cm³/mol. The summed E-state index contributed by atoms with van der Waals surface area (Å²) < 4.78 is 0. The van der Waals surface area contributed by atoms with Crippen LogP contribution < -0.4 is 5.73 Å². The lowest BCUT2D eigenvalue weighted by molar-refractivity contribution is 0.0868. The molecule has 2 N–H and O–H groups in total. The van der Waals surface area contributed by atoms with Crippen molar-refractivity contribution in [3.63, 3.8) is 0 Å². The molecular formula is C12H25N3. The van der Waals surface area contributed by atoms with E-state index in [1.165, 1.54) is 51.9 Å². The molecule has 0 spiro atoms. The van der Waals surface area contributed by atoms with Crippen LogP contribution in [-0.2, 0) is 0 Å². The molecule has 1 saturated carbocycles. The van der Waals surface area contributed by atoms with Crippen LogP contribution >= 0.6 is 0 Å². The van der Waals surface area contributed by atoms with Gasteiger partial charge in [-0.25, -0.2) is 0 Å². The number of nitrogens with two attached hydrogens (primary N) is 1. The zero-order valence-corrected chi connectivity index (χ0v) is 9.99. The van der Waals surface area contributed by atoms with Gasteiger partial charge in [0.05, 0.1) is 0 Å². The molecule has 0 aromatic carbocycles. The highest BCUT2D eigenvalue weighted by molar-refractivity contribution is 4.88. The summed E-state index contributed by atoms with van der Waals surface area (Å²) in [4.78, 5) is 5.32. The van der Waals surface area contributed by atoms with Crippen LogP contribution in [0.3, 0.4) is 0 Å². The lowest BCUT2D eigenvalue weighted by Gasteiger charge is -2.39. The molecule has 1 heterocycles. The van der Waals surface area contributed by atoms with Crippen molar-refractivity contribution in [1.29, 1.82) is 0 Å². The summed E-state index contributed by atoms with van der Waals surface area (Å²) in [6, 6.07) is 1.68. The maximum atomic E-state index is 5.66. The molecule has 0 aromatic rings. The third-order valence-electron chi connectivity index (χ3n) is 3.90. The highest BCUT2D eigenvalue weighted by Crippen LogP contribution is 2.28. The van der Waals surface area contributed by atoms with Crippen LogP contribution in [0.2, 0.25) is 0 Å². The molecule has 3 heteroatoms. The normalized spacial score (nSPS) is 26.8. The van der Waals surface area contributed by atoms with Crippen LogP contribution in [0.5, 0.6) is 0 Å². The second-order valence-electron chi connectivity index (χ2n) is 4.94. The van der Waals surface area contributed by atoms with E-state index in [4.69, 9.17) is 5.73 Å². The number of nitrogens with zero attached hydrogens (tertiary/aromatic N) is 2. The summed E-state index contributed by atoms with van der Waals surface area (Å²) in [5.41, 5.74) is 5.66. The van der Waals surface area contributed by atoms with Gasteiger partial charge in [-0.05, 0) is 32.2 Å². The fraction of sp³-hybridized carbons (Fsp3) is 1.00. The molecule has 0 amide bonds. The van der Waals surface area contributed by atoms with Gasteiger partial charge in [0.2, 0.25) is 0 Å². The van der Waals surface area contributed by atoms with E-state index in [1.807, 2.05) is 0 Å². The molecule has 3 nitrogen and oxygen atoms in total. The van der Waals surface area contributed by atoms with Crippen molar-refractivity contribution >= 4 is 0 Å². The van der Waals surface area contributed by atoms with Crippen LogP contribution in [0.1, 0.15) is 32.6 Å². The Balaban J connectivity index is 1.75. The SMILES string of the molecule is CCC(CCN)N1CCN(C2CC2)CC1. The van der Waals surface area contributed by atoms with Gasteiger partial charge in [0.15, 0.2) is 0 Å². The summed E-state index contributed by atoms with van der Waals surface area (Å²) in [5, 5.41) is 0. The van der Waals surface area contributed by atoms with Crippen LogP contribution in [-0.4, -0.2) is 54.6 Å². The third kappa shape index (κ3) is 2.92. The Labute approximate surface area is 93.6 Å². The Morgan fingerprint density at radius 1 is 1.20 bits per heavy atom. The number of rotatable bonds is 5. The third-order valence-corrected chi connectivity index (χ3v) is 3.90. The second-order valence-corrected chi connectivity index (χ2v) is 4.94. The van der Waals surface area contributed by atoms with Gasteiger partial charge >= 0.3 is 0 Å². The van der Waals surface area contributed by atoms with E-state index < -0.39 is 0 Å². The number of hydrogen-bond acceptors (Lipinski definition) is 3. The van der Waals surface area contributed by atoms with Crippen molar-refractivity contribution in [1.82, 2.24) is 9.80 Å². The molecule has 0 bridgehead atoms. The van der Waals surface area contributed by atoms with Crippen molar-refractivity contribution in [2.24, 2.45) is 5.73 Å². The average molecular weight is 211 g/mol. The Morgan fingerprint density at radius 2 is 1.87 bits per heavy atom. The summed E-state index contributed by atoms with van der Waals surface area (Å²) >= 11 is 0. The van der Waals surface area contributed by atoms with Crippen molar-refractivity contribution < 1.29 is 0 Å². The zero-order valence-electron chi connectivity index (χ0n) is 9.99. The fourth-order valence-electron chi connectivity index (χ4n) is 2.74. The second kappa shape index (κ2) is 5.28. The molecule has 0 radical (unpaired) electrons. The molecule has 1 unspecified atom stereocenters. The van der Waals surface area contributed by atoms with Gasteiger partial charge in [-0.15, -0.1) is 0 Å². The maximum Gasteiger partial charge on any atom is 0.0113 e. The van der Waals surface area contributed by atoms with Gasteiger partial charge in [-0.1, -0.05) is 6.92 Å². The molecule has 1 saturated heterocycles. The number of hydrogen-bond donors (Lipinski definition) is 1. The first-order valence-corrected chi connectivity index (χ1v) is 6.53. The largest absolute Gasteiger partial charge is 0.330 e. The number of piperazine rings is 1. The van der Waals surface area contributed by atoms with Crippen molar-refractivity contribution in [2.75, 3.05) is 32.7 Å². The minimum atomic E-state index is 0.733. The Hall–Kier alpha value is -0.120. The van der Waals surface area contributed by atoms with Crippen LogP contribution in [0, 0.1) is 0 Å². The maximum absolute atomic E-state index is 5.66. The zero-order chi connectivity index (χ0) is 10.7. The molecule has 15 heavy (non-hydrogen) atoms. The average Bonchev–Trinajstić information content (AvgIpc) is 3.10. The quantitative estimate of drug-likeness (QED) is 0.733. The highest BCUT2D eigenvalue weighted by Gasteiger charge is 2.32. The van der Waals surface area contributed by atoms with E-state index in [2.05, 4.69) is 16.7 Å². The summed E-state index contributed by atoms with van der Waals surface area (Å²) in [6.07, 6.45) is 5.31. The van der Waals surface area contributed by atoms with E-state index >= 15 is 0 Å². The monoisotopic (exact) mass is 211 g/mol. The van der Waals surface area contributed by atoms with E-state index in [0.29, 0.717) is 0 Å². The molecular weight excluding hydrogens is 186 g/mol. The van der Waals surface area contributed by atoms with Crippen LogP contribution in [0.25, 0.3) is 0 Å². The lowest BCUT2D eigenvalue weighted by Crippen LogP contribution is -2.51. The molecule has 0 aromatic heterocycles. The fourth-order valence-corrected chi connectivity index (χ4v) is 2.74. The van der Waals surface area contributed by atoms with Crippen molar-refractivity contribution in [3.05, 3.63) is 0 Å². The topological polar surface area (TPSA) is 32.5 Å². The summed E-state index contributed by atoms with van der Waals surface area (Å²) in [5.74, 6) is 0. The smallest absolute Gasteiger partial charge is 0.0113 e. The Morgan fingerprint density at radius 3 is 2.33 bits per heavy atom.